The van der Waals surface area contributed by atoms with Crippen molar-refractivity contribution in [2.24, 2.45) is 0 Å². The maximum Gasteiger partial charge on any atom is 0.319 e. The number of hydrogen-bond donors (Lipinski definition) is 2. The normalized spacial score (nSPS) is 10.7. The summed E-state index contributed by atoms with van der Waals surface area (Å²) in [5, 5.41) is 15.6. The van der Waals surface area contributed by atoms with Gasteiger partial charge >= 0.3 is 6.03 Å². The van der Waals surface area contributed by atoms with Crippen LogP contribution in [0, 0.1) is 5.82 Å². The number of benzene rings is 3. The molecule has 7 nitrogen and oxygen atoms in total. The number of carbonyl (C=O) groups is 1. The fourth-order valence-electron chi connectivity index (χ4n) is 3.22. The monoisotopic (exact) mass is 531 g/mol. The molecule has 0 aliphatic rings. The molecule has 0 aliphatic carbocycles. The van der Waals surface area contributed by atoms with E-state index in [1.807, 2.05) is 6.07 Å². The average molecular weight is 532 g/mol. The van der Waals surface area contributed by atoms with Gasteiger partial charge in [0.05, 0.1) is 30.1 Å². The zero-order valence-electron chi connectivity index (χ0n) is 18.5. The molecule has 35 heavy (non-hydrogen) atoms. The number of halogens is 3. The molecule has 0 aliphatic heterocycles. The van der Waals surface area contributed by atoms with Gasteiger partial charge in [-0.1, -0.05) is 59.2 Å². The molecule has 2 N–H and O–H groups in total. The van der Waals surface area contributed by atoms with Gasteiger partial charge in [-0.05, 0) is 48.0 Å². The van der Waals surface area contributed by atoms with Crippen molar-refractivity contribution in [3.63, 3.8) is 0 Å². The van der Waals surface area contributed by atoms with Crippen LogP contribution in [0.3, 0.4) is 0 Å². The molecule has 0 bridgehead atoms. The van der Waals surface area contributed by atoms with E-state index < -0.39 is 6.03 Å². The van der Waals surface area contributed by atoms with Crippen LogP contribution in [-0.2, 0) is 12.3 Å². The zero-order chi connectivity index (χ0) is 24.8. The number of nitrogens with one attached hydrogen (secondary N) is 2. The van der Waals surface area contributed by atoms with Crippen LogP contribution in [-0.4, -0.2) is 27.9 Å². The molecule has 1 aromatic heterocycles. The number of methoxy groups -OCH3 is 1. The summed E-state index contributed by atoms with van der Waals surface area (Å²) >= 11 is 14.0. The maximum absolute atomic E-state index is 13.2. The van der Waals surface area contributed by atoms with Gasteiger partial charge in [0, 0.05) is 10.8 Å². The topological polar surface area (TPSA) is 81.1 Å². The summed E-state index contributed by atoms with van der Waals surface area (Å²) in [5.74, 6) is 1.24. The number of hydrogen-bond acceptors (Lipinski definition) is 5. The van der Waals surface area contributed by atoms with E-state index >= 15 is 0 Å². The van der Waals surface area contributed by atoms with Crippen molar-refractivity contribution in [2.45, 2.75) is 17.5 Å². The number of thioether (sulfide) groups is 1. The van der Waals surface area contributed by atoms with Crippen molar-refractivity contribution < 1.29 is 13.9 Å². The molecular weight excluding hydrogens is 512 g/mol. The third-order valence-corrected chi connectivity index (χ3v) is 6.43. The first-order valence-corrected chi connectivity index (χ1v) is 12.1. The molecule has 0 spiro atoms. The first kappa shape index (κ1) is 24.8. The molecule has 3 aromatic carbocycles. The van der Waals surface area contributed by atoms with Crippen LogP contribution >= 0.6 is 35.0 Å². The van der Waals surface area contributed by atoms with Crippen LogP contribution in [0.5, 0.6) is 5.75 Å². The molecule has 1 heterocycles. The van der Waals surface area contributed by atoms with Gasteiger partial charge in [-0.3, -0.25) is 4.57 Å². The summed E-state index contributed by atoms with van der Waals surface area (Å²) in [5.41, 5.74) is 2.07. The lowest BCUT2D eigenvalue weighted by atomic mass is 10.2. The Labute approximate surface area is 215 Å². The lowest BCUT2D eigenvalue weighted by Gasteiger charge is -2.14. The van der Waals surface area contributed by atoms with E-state index in [9.17, 15) is 9.18 Å². The molecule has 11 heteroatoms. The summed E-state index contributed by atoms with van der Waals surface area (Å²) in [6.45, 7) is 0.0735. The molecule has 0 atom stereocenters. The SMILES string of the molecule is COc1ccccc1NC(=O)NCc1nnc(SCc2ccc(F)cc2)n1-c1ccc(Cl)cc1Cl. The maximum atomic E-state index is 13.2. The number of ether oxygens (including phenoxy) is 1. The number of para-hydroxylation sites is 2. The van der Waals surface area contributed by atoms with Crippen LogP contribution in [0.4, 0.5) is 14.9 Å². The lowest BCUT2D eigenvalue weighted by molar-refractivity contribution is 0.251. The van der Waals surface area contributed by atoms with Crippen molar-refractivity contribution in [1.29, 1.82) is 0 Å². The predicted octanol–water partition coefficient (Wildman–Crippen LogP) is 6.34. The summed E-state index contributed by atoms with van der Waals surface area (Å²) in [6, 6.07) is 18.0. The Morgan fingerprint density at radius 3 is 2.60 bits per heavy atom. The van der Waals surface area contributed by atoms with Gasteiger partial charge in [-0.2, -0.15) is 0 Å². The molecule has 0 unspecified atom stereocenters. The van der Waals surface area contributed by atoms with Crippen LogP contribution in [0.25, 0.3) is 5.69 Å². The minimum absolute atomic E-state index is 0.0735. The van der Waals surface area contributed by atoms with Crippen molar-refractivity contribution >= 4 is 46.7 Å². The second-order valence-corrected chi connectivity index (χ2v) is 9.04. The van der Waals surface area contributed by atoms with Gasteiger partial charge in [0.15, 0.2) is 11.0 Å². The third-order valence-electron chi connectivity index (χ3n) is 4.89. The highest BCUT2D eigenvalue weighted by molar-refractivity contribution is 7.98. The molecule has 4 aromatic rings. The molecule has 2 amide bonds. The Bertz CT molecular complexity index is 1330. The Balaban J connectivity index is 1.55. The molecule has 4 rings (SSSR count). The lowest BCUT2D eigenvalue weighted by Crippen LogP contribution is -2.29. The van der Waals surface area contributed by atoms with Gasteiger partial charge in [0.25, 0.3) is 0 Å². The number of carbonyl (C=O) groups excluding carboxylic acids is 1. The Kier molecular flexibility index (Phi) is 8.12. The van der Waals surface area contributed by atoms with E-state index in [1.165, 1.54) is 31.0 Å². The average Bonchev–Trinajstić information content (AvgIpc) is 3.25. The standard InChI is InChI=1S/C24H20Cl2FN5O2S/c1-34-21-5-3-2-4-19(21)29-23(33)28-13-22-30-31-24(35-14-15-6-9-17(27)10-7-15)32(22)20-11-8-16(25)12-18(20)26/h2-12H,13-14H2,1H3,(H2,28,29,33). The summed E-state index contributed by atoms with van der Waals surface area (Å²) in [6.07, 6.45) is 0. The highest BCUT2D eigenvalue weighted by Gasteiger charge is 2.18. The smallest absolute Gasteiger partial charge is 0.319 e. The largest absolute Gasteiger partial charge is 0.495 e. The fourth-order valence-corrected chi connectivity index (χ4v) is 4.63. The van der Waals surface area contributed by atoms with Crippen LogP contribution < -0.4 is 15.4 Å². The Morgan fingerprint density at radius 2 is 1.86 bits per heavy atom. The van der Waals surface area contributed by atoms with E-state index in [4.69, 9.17) is 27.9 Å². The molecule has 0 fully saturated rings. The minimum atomic E-state index is -0.438. The Hall–Kier alpha value is -3.27. The quantitative estimate of drug-likeness (QED) is 0.259. The highest BCUT2D eigenvalue weighted by atomic mass is 35.5. The molecule has 180 valence electrons. The van der Waals surface area contributed by atoms with Gasteiger partial charge in [0.2, 0.25) is 0 Å². The highest BCUT2D eigenvalue weighted by Crippen LogP contribution is 2.31. The van der Waals surface area contributed by atoms with E-state index in [-0.39, 0.29) is 12.4 Å². The van der Waals surface area contributed by atoms with E-state index in [2.05, 4.69) is 20.8 Å². The number of amides is 2. The molecule has 0 radical (unpaired) electrons. The number of anilines is 1. The van der Waals surface area contributed by atoms with Crippen molar-refractivity contribution in [3.8, 4) is 11.4 Å². The van der Waals surface area contributed by atoms with Crippen molar-refractivity contribution in [3.05, 3.63) is 94.0 Å². The molecular formula is C24H20Cl2FN5O2S. The number of rotatable bonds is 8. The van der Waals surface area contributed by atoms with E-state index in [1.54, 1.807) is 53.1 Å². The van der Waals surface area contributed by atoms with Gasteiger partial charge in [-0.25, -0.2) is 9.18 Å². The minimum Gasteiger partial charge on any atom is -0.495 e. The van der Waals surface area contributed by atoms with E-state index in [0.29, 0.717) is 43.9 Å². The first-order chi connectivity index (χ1) is 16.9. The van der Waals surface area contributed by atoms with Crippen LogP contribution in [0.2, 0.25) is 10.0 Å². The second-order valence-electron chi connectivity index (χ2n) is 7.25. The second kappa shape index (κ2) is 11.4. The van der Waals surface area contributed by atoms with E-state index in [0.717, 1.165) is 5.56 Å². The third kappa shape index (κ3) is 6.25. The molecule has 0 saturated heterocycles. The summed E-state index contributed by atoms with van der Waals surface area (Å²) < 4.78 is 20.3. The first-order valence-electron chi connectivity index (χ1n) is 10.4. The van der Waals surface area contributed by atoms with Crippen molar-refractivity contribution in [1.82, 2.24) is 20.1 Å². The molecule has 0 saturated carbocycles. The number of urea groups is 1. The number of nitrogens with zero attached hydrogens (tertiary/aromatic N) is 3. The Morgan fingerprint density at radius 1 is 1.09 bits per heavy atom. The van der Waals surface area contributed by atoms with Gasteiger partial charge in [-0.15, -0.1) is 10.2 Å². The zero-order valence-corrected chi connectivity index (χ0v) is 20.8. The van der Waals surface area contributed by atoms with Crippen LogP contribution in [0.15, 0.2) is 71.9 Å². The fraction of sp³-hybridized carbons (Fsp3) is 0.125. The van der Waals surface area contributed by atoms with Gasteiger partial charge in [0.1, 0.15) is 11.6 Å². The van der Waals surface area contributed by atoms with Crippen LogP contribution in [0.1, 0.15) is 11.4 Å². The predicted molar refractivity (Wildman–Crippen MR) is 136 cm³/mol. The van der Waals surface area contributed by atoms with Crippen molar-refractivity contribution in [2.75, 3.05) is 12.4 Å². The summed E-state index contributed by atoms with van der Waals surface area (Å²) in [7, 11) is 1.53. The summed E-state index contributed by atoms with van der Waals surface area (Å²) in [4.78, 5) is 12.5. The number of aromatic nitrogens is 3. The van der Waals surface area contributed by atoms with Gasteiger partial charge < -0.3 is 15.4 Å².